The van der Waals surface area contributed by atoms with Crippen LogP contribution < -0.4 is 11.0 Å². The van der Waals surface area contributed by atoms with Crippen LogP contribution in [0.5, 0.6) is 0 Å². The molecule has 1 aliphatic rings. The van der Waals surface area contributed by atoms with E-state index in [9.17, 15) is 4.79 Å². The zero-order chi connectivity index (χ0) is 29.3. The molecule has 42 heavy (non-hydrogen) atoms. The summed E-state index contributed by atoms with van der Waals surface area (Å²) in [6.45, 7) is 10.1. The Morgan fingerprint density at radius 3 is 1.95 bits per heavy atom. The summed E-state index contributed by atoms with van der Waals surface area (Å²) in [6, 6.07) is 29.4. The van der Waals surface area contributed by atoms with Crippen molar-refractivity contribution >= 4 is 28.4 Å². The Kier molecular flexibility index (Phi) is 10.5. The maximum absolute atomic E-state index is 13.9. The Morgan fingerprint density at radius 1 is 0.833 bits per heavy atom. The van der Waals surface area contributed by atoms with Gasteiger partial charge in [-0.2, -0.15) is 0 Å². The number of likely N-dealkylation sites (tertiary alicyclic amines) is 1. The Bertz CT molecular complexity index is 1430. The molecule has 5 rings (SSSR count). The van der Waals surface area contributed by atoms with Gasteiger partial charge in [0.2, 0.25) is 0 Å². The van der Waals surface area contributed by atoms with Gasteiger partial charge in [0.15, 0.2) is 5.11 Å². The summed E-state index contributed by atoms with van der Waals surface area (Å²) >= 11 is 5.96. The number of hydrogen-bond acceptors (Lipinski definition) is 3. The molecule has 1 N–H and O–H groups in total. The van der Waals surface area contributed by atoms with Crippen molar-refractivity contribution in [1.82, 2.24) is 24.3 Å². The molecular formula is C35H45N5OS. The molecule has 4 aromatic rings. The van der Waals surface area contributed by atoms with Gasteiger partial charge in [-0.1, -0.05) is 86.6 Å². The number of aryl methyl sites for hydroxylation is 1. The second-order valence-electron chi connectivity index (χ2n) is 11.4. The van der Waals surface area contributed by atoms with Gasteiger partial charge in [-0.05, 0) is 87.2 Å². The summed E-state index contributed by atoms with van der Waals surface area (Å²) in [5.74, 6) is 0. The van der Waals surface area contributed by atoms with Gasteiger partial charge in [-0.15, -0.1) is 0 Å². The smallest absolute Gasteiger partial charge is 0.329 e. The third-order valence-corrected chi connectivity index (χ3v) is 8.83. The van der Waals surface area contributed by atoms with Crippen molar-refractivity contribution in [2.75, 3.05) is 32.7 Å². The number of fused-ring (bicyclic) bond motifs is 1. The van der Waals surface area contributed by atoms with Gasteiger partial charge in [-0.3, -0.25) is 9.13 Å². The fraction of sp³-hybridized carbons (Fsp3) is 0.429. The number of piperidine rings is 1. The summed E-state index contributed by atoms with van der Waals surface area (Å²) in [5.41, 5.74) is 4.60. The minimum atomic E-state index is -0.0104. The topological polar surface area (TPSA) is 45.4 Å². The summed E-state index contributed by atoms with van der Waals surface area (Å²) in [6.07, 6.45) is 5.08. The van der Waals surface area contributed by atoms with Crippen LogP contribution in [-0.2, 0) is 6.54 Å². The van der Waals surface area contributed by atoms with E-state index in [0.29, 0.717) is 0 Å². The first kappa shape index (κ1) is 30.1. The monoisotopic (exact) mass is 583 g/mol. The minimum absolute atomic E-state index is 0.0104. The lowest BCUT2D eigenvalue weighted by Gasteiger charge is -2.35. The molecule has 0 atom stereocenters. The molecule has 222 valence electrons. The lowest BCUT2D eigenvalue weighted by atomic mass is 9.99. The van der Waals surface area contributed by atoms with E-state index in [0.717, 1.165) is 87.5 Å². The number of thiocarbonyl (C=S) groups is 1. The third kappa shape index (κ3) is 6.96. The summed E-state index contributed by atoms with van der Waals surface area (Å²) < 4.78 is 4.07. The van der Waals surface area contributed by atoms with Gasteiger partial charge in [-0.25, -0.2) is 4.79 Å². The summed E-state index contributed by atoms with van der Waals surface area (Å²) in [4.78, 5) is 18.6. The summed E-state index contributed by atoms with van der Waals surface area (Å²) in [5, 5.41) is 4.42. The first-order chi connectivity index (χ1) is 20.6. The quantitative estimate of drug-likeness (QED) is 0.190. The van der Waals surface area contributed by atoms with Gasteiger partial charge >= 0.3 is 5.69 Å². The van der Waals surface area contributed by atoms with Gasteiger partial charge in [0.1, 0.15) is 0 Å². The van der Waals surface area contributed by atoms with Crippen molar-refractivity contribution in [3.63, 3.8) is 0 Å². The van der Waals surface area contributed by atoms with Crippen molar-refractivity contribution < 1.29 is 0 Å². The van der Waals surface area contributed by atoms with Gasteiger partial charge in [0.05, 0.1) is 17.1 Å². The Labute approximate surface area is 255 Å². The predicted octanol–water partition coefficient (Wildman–Crippen LogP) is 6.62. The molecule has 0 spiro atoms. The number of aromatic nitrogens is 2. The highest BCUT2D eigenvalue weighted by molar-refractivity contribution is 7.80. The van der Waals surface area contributed by atoms with Crippen molar-refractivity contribution in [2.24, 2.45) is 0 Å². The van der Waals surface area contributed by atoms with Crippen molar-refractivity contribution in [3.8, 4) is 0 Å². The highest BCUT2D eigenvalue weighted by atomic mass is 32.1. The Morgan fingerprint density at radius 2 is 1.38 bits per heavy atom. The fourth-order valence-electron chi connectivity index (χ4n) is 6.41. The third-order valence-electron chi connectivity index (χ3n) is 8.46. The zero-order valence-corrected chi connectivity index (χ0v) is 25.9. The molecule has 0 saturated carbocycles. The van der Waals surface area contributed by atoms with Gasteiger partial charge < -0.3 is 15.1 Å². The largest absolute Gasteiger partial charge is 0.352 e. The highest BCUT2D eigenvalue weighted by Gasteiger charge is 2.27. The molecule has 1 aliphatic heterocycles. The van der Waals surface area contributed by atoms with E-state index in [4.69, 9.17) is 12.2 Å². The second kappa shape index (κ2) is 14.7. The predicted molar refractivity (Wildman–Crippen MR) is 178 cm³/mol. The lowest BCUT2D eigenvalue weighted by molar-refractivity contribution is 0.258. The molecule has 0 amide bonds. The standard InChI is InChI=1S/C35H45N5OS/c1-3-22-37(23-4-2)24-13-25-39-31-18-11-12-19-32(31)40(35(39)41)30-20-26-38(27-21-30)34(42)36-33(28-14-7-5-8-15-28)29-16-9-6-10-17-29/h5-12,14-19,30,33H,3-4,13,20-27H2,1-2H3,(H,36,42). The van der Waals surface area contributed by atoms with E-state index in [1.165, 1.54) is 11.1 Å². The van der Waals surface area contributed by atoms with Crippen LogP contribution in [0.4, 0.5) is 0 Å². The number of rotatable bonds is 12. The highest BCUT2D eigenvalue weighted by Crippen LogP contribution is 2.27. The molecular weight excluding hydrogens is 538 g/mol. The molecule has 0 bridgehead atoms. The van der Waals surface area contributed by atoms with Crippen molar-refractivity contribution in [3.05, 3.63) is 107 Å². The Hall–Kier alpha value is -3.42. The average Bonchev–Trinajstić information content (AvgIpc) is 3.31. The first-order valence-electron chi connectivity index (χ1n) is 15.7. The van der Waals surface area contributed by atoms with Crippen LogP contribution in [0.1, 0.15) is 69.2 Å². The van der Waals surface area contributed by atoms with Gasteiger partial charge in [0, 0.05) is 25.7 Å². The van der Waals surface area contributed by atoms with E-state index in [-0.39, 0.29) is 17.8 Å². The molecule has 0 radical (unpaired) electrons. The van der Waals surface area contributed by atoms with Gasteiger partial charge in [0.25, 0.3) is 0 Å². The SMILES string of the molecule is CCCN(CCC)CCCn1c(=O)n(C2CCN(C(=S)NC(c3ccccc3)c3ccccc3)CC2)c2ccccc21. The normalized spacial score (nSPS) is 14.2. The van der Waals surface area contributed by atoms with E-state index < -0.39 is 0 Å². The summed E-state index contributed by atoms with van der Waals surface area (Å²) in [7, 11) is 0. The van der Waals surface area contributed by atoms with Crippen LogP contribution in [0.2, 0.25) is 0 Å². The van der Waals surface area contributed by atoms with Crippen LogP contribution >= 0.6 is 12.2 Å². The van der Waals surface area contributed by atoms with Crippen LogP contribution in [0.15, 0.2) is 89.7 Å². The molecule has 1 saturated heterocycles. The first-order valence-corrected chi connectivity index (χ1v) is 16.1. The average molecular weight is 584 g/mol. The zero-order valence-electron chi connectivity index (χ0n) is 25.1. The lowest BCUT2D eigenvalue weighted by Crippen LogP contribution is -2.46. The van der Waals surface area contributed by atoms with E-state index in [1.807, 2.05) is 28.8 Å². The molecule has 0 unspecified atom stereocenters. The minimum Gasteiger partial charge on any atom is -0.352 e. The van der Waals surface area contributed by atoms with Crippen LogP contribution in [0.3, 0.4) is 0 Å². The molecule has 0 aliphatic carbocycles. The molecule has 2 heterocycles. The molecule has 3 aromatic carbocycles. The van der Waals surface area contributed by atoms with E-state index in [2.05, 4.69) is 94.2 Å². The molecule has 1 aromatic heterocycles. The van der Waals surface area contributed by atoms with Crippen LogP contribution in [0.25, 0.3) is 11.0 Å². The van der Waals surface area contributed by atoms with Crippen molar-refractivity contribution in [2.45, 2.75) is 64.6 Å². The van der Waals surface area contributed by atoms with Crippen LogP contribution in [0, 0.1) is 0 Å². The number of benzene rings is 3. The van der Waals surface area contributed by atoms with E-state index in [1.54, 1.807) is 0 Å². The number of hydrogen-bond donors (Lipinski definition) is 1. The maximum Gasteiger partial charge on any atom is 0.329 e. The van der Waals surface area contributed by atoms with E-state index >= 15 is 0 Å². The van der Waals surface area contributed by atoms with Crippen molar-refractivity contribution in [1.29, 1.82) is 0 Å². The number of para-hydroxylation sites is 2. The molecule has 1 fully saturated rings. The molecule has 7 heteroatoms. The Balaban J connectivity index is 1.27. The number of nitrogens with zero attached hydrogens (tertiary/aromatic N) is 4. The molecule has 6 nitrogen and oxygen atoms in total. The second-order valence-corrected chi connectivity index (χ2v) is 11.8. The number of imidazole rings is 1. The number of nitrogens with one attached hydrogen (secondary N) is 1. The maximum atomic E-state index is 13.9. The van der Waals surface area contributed by atoms with Crippen LogP contribution in [-0.4, -0.2) is 56.8 Å². The fourth-order valence-corrected chi connectivity index (χ4v) is 6.71.